The van der Waals surface area contributed by atoms with Crippen molar-refractivity contribution in [2.45, 2.75) is 82.6 Å². The van der Waals surface area contributed by atoms with Crippen molar-refractivity contribution in [1.29, 1.82) is 0 Å². The van der Waals surface area contributed by atoms with Crippen LogP contribution in [0.4, 0.5) is 0 Å². The summed E-state index contributed by atoms with van der Waals surface area (Å²) in [5, 5.41) is 9.51. The Balaban J connectivity index is 1.39. The van der Waals surface area contributed by atoms with E-state index in [0.717, 1.165) is 50.1 Å². The number of carbonyl (C=O) groups excluding carboxylic acids is 3. The summed E-state index contributed by atoms with van der Waals surface area (Å²) >= 11 is 0. The number of rotatable bonds is 13. The van der Waals surface area contributed by atoms with Crippen LogP contribution in [-0.2, 0) is 27.3 Å². The first-order chi connectivity index (χ1) is 19.9. The number of ether oxygens (including phenoxy) is 1. The molecule has 2 aliphatic heterocycles. The van der Waals surface area contributed by atoms with Crippen LogP contribution in [0.3, 0.4) is 0 Å². The quantitative estimate of drug-likeness (QED) is 0.278. The van der Waals surface area contributed by atoms with Gasteiger partial charge in [-0.2, -0.15) is 0 Å². The number of carbonyl (C=O) groups is 3. The first-order valence-corrected chi connectivity index (χ1v) is 14.9. The van der Waals surface area contributed by atoms with Crippen LogP contribution in [0.25, 0.3) is 0 Å². The largest absolute Gasteiger partial charge is 0.497 e. The molecule has 0 aromatic heterocycles. The van der Waals surface area contributed by atoms with Crippen LogP contribution in [-0.4, -0.2) is 67.0 Å². The van der Waals surface area contributed by atoms with Crippen molar-refractivity contribution in [2.24, 2.45) is 11.7 Å². The fourth-order valence-electron chi connectivity index (χ4n) is 5.99. The molecule has 9 heteroatoms. The molecule has 0 aliphatic carbocycles. The Morgan fingerprint density at radius 1 is 1.00 bits per heavy atom. The molecule has 2 saturated heterocycles. The zero-order valence-corrected chi connectivity index (χ0v) is 24.3. The number of fused-ring (bicyclic) bond motifs is 1. The van der Waals surface area contributed by atoms with Gasteiger partial charge in [-0.25, -0.2) is 0 Å². The Kier molecular flexibility index (Phi) is 11.2. The molecule has 222 valence electrons. The minimum atomic E-state index is -0.698. The van der Waals surface area contributed by atoms with Gasteiger partial charge in [0.25, 0.3) is 0 Å². The molecular weight excluding hydrogens is 518 g/mol. The maximum Gasteiger partial charge on any atom is 0.246 e. The Morgan fingerprint density at radius 3 is 2.44 bits per heavy atom. The molecule has 4 rings (SSSR count). The highest BCUT2D eigenvalue weighted by Gasteiger charge is 2.47. The third kappa shape index (κ3) is 8.07. The standard InChI is InChI=1S/C32H45N5O4/c1-3-27(33)30(38)36-29-24(18-19-34-21-23-7-5-4-6-8-23)11-12-25-13-16-28(37(25)32(29)40)31(39)35-20-17-22-9-14-26(41-2)15-10-22/h4-10,14-15,24-25,27-29,34H,3,11-13,16-21,33H2,1-2H3,(H,35,39)(H,36,38)/t24-,25+,27+,28+,29+/m1/s1. The number of nitrogens with zero attached hydrogens (tertiary/aromatic N) is 1. The fraction of sp³-hybridized carbons (Fsp3) is 0.531. The normalized spacial score (nSPS) is 22.9. The molecule has 0 unspecified atom stereocenters. The van der Waals surface area contributed by atoms with E-state index in [-0.39, 0.29) is 29.7 Å². The molecule has 2 aromatic carbocycles. The van der Waals surface area contributed by atoms with Crippen molar-refractivity contribution < 1.29 is 19.1 Å². The smallest absolute Gasteiger partial charge is 0.246 e. The van der Waals surface area contributed by atoms with Gasteiger partial charge in [0, 0.05) is 19.1 Å². The van der Waals surface area contributed by atoms with Gasteiger partial charge in [-0.05, 0) is 80.7 Å². The summed E-state index contributed by atoms with van der Waals surface area (Å²) in [4.78, 5) is 42.0. The lowest BCUT2D eigenvalue weighted by atomic mass is 9.90. The second kappa shape index (κ2) is 15.0. The Hall–Kier alpha value is -3.43. The fourth-order valence-corrected chi connectivity index (χ4v) is 5.99. The van der Waals surface area contributed by atoms with Crippen LogP contribution in [0.5, 0.6) is 5.75 Å². The molecule has 2 heterocycles. The van der Waals surface area contributed by atoms with Gasteiger partial charge in [-0.3, -0.25) is 14.4 Å². The van der Waals surface area contributed by atoms with Crippen LogP contribution in [0.2, 0.25) is 0 Å². The van der Waals surface area contributed by atoms with Crippen molar-refractivity contribution in [1.82, 2.24) is 20.9 Å². The van der Waals surface area contributed by atoms with Gasteiger partial charge in [0.15, 0.2) is 0 Å². The molecule has 5 N–H and O–H groups in total. The summed E-state index contributed by atoms with van der Waals surface area (Å²) in [5.41, 5.74) is 8.33. The molecule has 2 aliphatic rings. The van der Waals surface area contributed by atoms with Crippen LogP contribution >= 0.6 is 0 Å². The number of amides is 3. The minimum Gasteiger partial charge on any atom is -0.497 e. The number of hydrogen-bond donors (Lipinski definition) is 4. The molecule has 2 aromatic rings. The number of nitrogens with one attached hydrogen (secondary N) is 3. The molecule has 0 bridgehead atoms. The van der Waals surface area contributed by atoms with Crippen molar-refractivity contribution in [3.8, 4) is 5.75 Å². The first-order valence-electron chi connectivity index (χ1n) is 14.9. The zero-order valence-electron chi connectivity index (χ0n) is 24.3. The highest BCUT2D eigenvalue weighted by atomic mass is 16.5. The van der Waals surface area contributed by atoms with E-state index in [1.165, 1.54) is 5.56 Å². The van der Waals surface area contributed by atoms with Crippen molar-refractivity contribution >= 4 is 17.7 Å². The predicted molar refractivity (Wildman–Crippen MR) is 159 cm³/mol. The van der Waals surface area contributed by atoms with Gasteiger partial charge in [-0.15, -0.1) is 0 Å². The molecule has 2 fully saturated rings. The van der Waals surface area contributed by atoms with Crippen LogP contribution < -0.4 is 26.4 Å². The Labute approximate surface area is 243 Å². The minimum absolute atomic E-state index is 0.00127. The van der Waals surface area contributed by atoms with Gasteiger partial charge in [-0.1, -0.05) is 49.4 Å². The lowest BCUT2D eigenvalue weighted by Crippen LogP contribution is -2.58. The maximum absolute atomic E-state index is 14.1. The van der Waals surface area contributed by atoms with E-state index in [4.69, 9.17) is 10.5 Å². The van der Waals surface area contributed by atoms with Crippen molar-refractivity contribution in [3.63, 3.8) is 0 Å². The van der Waals surface area contributed by atoms with Crippen LogP contribution in [0, 0.1) is 5.92 Å². The molecule has 0 spiro atoms. The third-order valence-corrected chi connectivity index (χ3v) is 8.48. The van der Waals surface area contributed by atoms with E-state index in [9.17, 15) is 14.4 Å². The second-order valence-electron chi connectivity index (χ2n) is 11.2. The van der Waals surface area contributed by atoms with Gasteiger partial charge in [0.05, 0.1) is 13.2 Å². The molecule has 41 heavy (non-hydrogen) atoms. The summed E-state index contributed by atoms with van der Waals surface area (Å²) in [6.45, 7) is 3.80. The van der Waals surface area contributed by atoms with Crippen LogP contribution in [0.15, 0.2) is 54.6 Å². The predicted octanol–water partition coefficient (Wildman–Crippen LogP) is 2.53. The van der Waals surface area contributed by atoms with E-state index < -0.39 is 18.1 Å². The first kappa shape index (κ1) is 30.5. The summed E-state index contributed by atoms with van der Waals surface area (Å²) < 4.78 is 5.21. The molecule has 0 radical (unpaired) electrons. The van der Waals surface area contributed by atoms with E-state index in [1.54, 1.807) is 12.0 Å². The number of benzene rings is 2. The van der Waals surface area contributed by atoms with E-state index >= 15 is 0 Å². The summed E-state index contributed by atoms with van der Waals surface area (Å²) in [5.74, 6) is 0.147. The zero-order chi connectivity index (χ0) is 29.2. The Morgan fingerprint density at radius 2 is 1.73 bits per heavy atom. The second-order valence-corrected chi connectivity index (χ2v) is 11.2. The Bertz CT molecular complexity index is 1140. The topological polar surface area (TPSA) is 126 Å². The average molecular weight is 564 g/mol. The molecule has 9 nitrogen and oxygen atoms in total. The molecule has 3 amide bonds. The molecule has 0 saturated carbocycles. The summed E-state index contributed by atoms with van der Waals surface area (Å²) in [7, 11) is 1.63. The number of nitrogens with two attached hydrogens (primary N) is 1. The third-order valence-electron chi connectivity index (χ3n) is 8.48. The van der Waals surface area contributed by atoms with Crippen molar-refractivity contribution in [3.05, 3.63) is 65.7 Å². The van der Waals surface area contributed by atoms with E-state index in [2.05, 4.69) is 28.1 Å². The van der Waals surface area contributed by atoms with Crippen LogP contribution in [0.1, 0.15) is 56.6 Å². The van der Waals surface area contributed by atoms with Gasteiger partial charge < -0.3 is 31.3 Å². The summed E-state index contributed by atoms with van der Waals surface area (Å²) in [6, 6.07) is 16.1. The van der Waals surface area contributed by atoms with Crippen molar-refractivity contribution in [2.75, 3.05) is 20.2 Å². The lowest BCUT2D eigenvalue weighted by molar-refractivity contribution is -0.143. The lowest BCUT2D eigenvalue weighted by Gasteiger charge is -2.32. The maximum atomic E-state index is 14.1. The summed E-state index contributed by atoms with van der Waals surface area (Å²) in [6.07, 6.45) is 4.95. The van der Waals surface area contributed by atoms with E-state index in [1.807, 2.05) is 49.4 Å². The molecular formula is C32H45N5O4. The highest BCUT2D eigenvalue weighted by molar-refractivity contribution is 5.94. The number of methoxy groups -OCH3 is 1. The van der Waals surface area contributed by atoms with Gasteiger partial charge in [0.1, 0.15) is 17.8 Å². The monoisotopic (exact) mass is 563 g/mol. The SMILES string of the molecule is CC[C@H](N)C(=O)N[C@@H]1C(=O)N2[C@@H](CC[C@@H]1CCNCc1ccccc1)CC[C@H]2C(=O)NCCc1ccc(OC)cc1. The van der Waals surface area contributed by atoms with Gasteiger partial charge >= 0.3 is 0 Å². The highest BCUT2D eigenvalue weighted by Crippen LogP contribution is 2.35. The average Bonchev–Trinajstić information content (AvgIpc) is 3.38. The molecule has 5 atom stereocenters. The number of hydrogen-bond acceptors (Lipinski definition) is 6. The van der Waals surface area contributed by atoms with E-state index in [0.29, 0.717) is 25.8 Å². The van der Waals surface area contributed by atoms with Gasteiger partial charge in [0.2, 0.25) is 17.7 Å².